The van der Waals surface area contributed by atoms with Crippen LogP contribution >= 0.6 is 34.3 Å². The minimum atomic E-state index is -0.301. The number of carbonyl (C=O) groups excluding carboxylic acids is 1. The van der Waals surface area contributed by atoms with Crippen LogP contribution in [0.25, 0.3) is 10.6 Å². The van der Waals surface area contributed by atoms with Crippen molar-refractivity contribution in [1.29, 1.82) is 5.26 Å². The highest BCUT2D eigenvalue weighted by Crippen LogP contribution is 2.32. The first-order valence-electron chi connectivity index (χ1n) is 6.78. The second kappa shape index (κ2) is 7.45. The van der Waals surface area contributed by atoms with E-state index in [0.717, 1.165) is 10.6 Å². The van der Waals surface area contributed by atoms with Gasteiger partial charge in [-0.1, -0.05) is 11.6 Å². The van der Waals surface area contributed by atoms with Crippen LogP contribution in [0.4, 0.5) is 5.13 Å². The lowest BCUT2D eigenvalue weighted by Crippen LogP contribution is -2.20. The van der Waals surface area contributed by atoms with Crippen molar-refractivity contribution < 1.29 is 9.53 Å². The fourth-order valence-electron chi connectivity index (χ4n) is 1.83. The first kappa shape index (κ1) is 16.5. The van der Waals surface area contributed by atoms with Gasteiger partial charge in [0.05, 0.1) is 26.5 Å². The summed E-state index contributed by atoms with van der Waals surface area (Å²) >= 11 is 8.68. The van der Waals surface area contributed by atoms with Gasteiger partial charge in [0.1, 0.15) is 5.75 Å². The minimum absolute atomic E-state index is 0.133. The summed E-state index contributed by atoms with van der Waals surface area (Å²) in [7, 11) is 0. The van der Waals surface area contributed by atoms with E-state index < -0.39 is 0 Å². The molecule has 0 saturated heterocycles. The smallest absolute Gasteiger partial charge is 0.264 e. The van der Waals surface area contributed by atoms with E-state index >= 15 is 0 Å². The van der Waals surface area contributed by atoms with Gasteiger partial charge in [0.25, 0.3) is 5.91 Å². The Morgan fingerprint density at radius 2 is 2.08 bits per heavy atom. The Morgan fingerprint density at radius 3 is 2.75 bits per heavy atom. The summed E-state index contributed by atoms with van der Waals surface area (Å²) in [5, 5.41) is 13.8. The molecule has 0 fully saturated rings. The number of nitrogens with one attached hydrogen (secondary N) is 1. The predicted molar refractivity (Wildman–Crippen MR) is 95.7 cm³/mol. The third-order valence-corrected chi connectivity index (χ3v) is 4.94. The molecule has 3 aromatic rings. The van der Waals surface area contributed by atoms with Gasteiger partial charge in [-0.05, 0) is 36.4 Å². The highest BCUT2D eigenvalue weighted by atomic mass is 35.5. The van der Waals surface area contributed by atoms with Crippen molar-refractivity contribution in [2.75, 3.05) is 11.9 Å². The molecule has 0 saturated carbocycles. The van der Waals surface area contributed by atoms with E-state index in [1.807, 2.05) is 23.6 Å². The molecule has 120 valence electrons. The lowest BCUT2D eigenvalue weighted by Gasteiger charge is -2.05. The maximum Gasteiger partial charge on any atom is 0.264 e. The number of nitriles is 1. The monoisotopic (exact) mass is 375 g/mol. The SMILES string of the molecule is N#Cc1ccc(OCC(=O)Nc2nc(-c3ccc(Cl)s3)cs2)cc1. The van der Waals surface area contributed by atoms with Crippen LogP contribution in [0.2, 0.25) is 4.34 Å². The van der Waals surface area contributed by atoms with Gasteiger partial charge in [-0.25, -0.2) is 4.98 Å². The highest BCUT2D eigenvalue weighted by Gasteiger charge is 2.10. The number of benzene rings is 1. The molecule has 0 aliphatic rings. The largest absolute Gasteiger partial charge is 0.484 e. The van der Waals surface area contributed by atoms with Crippen LogP contribution in [-0.4, -0.2) is 17.5 Å². The van der Waals surface area contributed by atoms with Gasteiger partial charge >= 0.3 is 0 Å². The van der Waals surface area contributed by atoms with Gasteiger partial charge in [0, 0.05) is 5.38 Å². The average Bonchev–Trinajstić information content (AvgIpc) is 3.22. The third kappa shape index (κ3) is 4.11. The summed E-state index contributed by atoms with van der Waals surface area (Å²) in [6.45, 7) is -0.133. The number of thiazole rings is 1. The Labute approximate surface area is 151 Å². The standard InChI is InChI=1S/C16H10ClN3O2S2/c17-14-6-5-13(24-14)12-9-23-16(19-12)20-15(21)8-22-11-3-1-10(7-18)2-4-11/h1-6,9H,8H2,(H,19,20,21). The topological polar surface area (TPSA) is 75.0 Å². The number of amides is 1. The van der Waals surface area contributed by atoms with E-state index in [1.165, 1.54) is 22.7 Å². The Bertz CT molecular complexity index is 897. The quantitative estimate of drug-likeness (QED) is 0.716. The molecule has 0 aliphatic carbocycles. The number of aromatic nitrogens is 1. The molecular weight excluding hydrogens is 366 g/mol. The average molecular weight is 376 g/mol. The van der Waals surface area contributed by atoms with Crippen LogP contribution in [0.15, 0.2) is 41.8 Å². The number of halogens is 1. The summed E-state index contributed by atoms with van der Waals surface area (Å²) < 4.78 is 6.07. The van der Waals surface area contributed by atoms with Gasteiger partial charge in [-0.3, -0.25) is 10.1 Å². The van der Waals surface area contributed by atoms with Crippen LogP contribution in [0.3, 0.4) is 0 Å². The number of ether oxygens (including phenoxy) is 1. The fraction of sp³-hybridized carbons (Fsp3) is 0.0625. The van der Waals surface area contributed by atoms with Crippen molar-refractivity contribution in [3.05, 3.63) is 51.7 Å². The molecule has 1 N–H and O–H groups in total. The molecular formula is C16H10ClN3O2S2. The number of thiophene rings is 1. The van der Waals surface area contributed by atoms with E-state index in [2.05, 4.69) is 10.3 Å². The fourth-order valence-corrected chi connectivity index (χ4v) is 3.63. The predicted octanol–water partition coefficient (Wildman–Crippen LogP) is 4.41. The van der Waals surface area contributed by atoms with Crippen molar-refractivity contribution in [2.45, 2.75) is 0 Å². The van der Waals surface area contributed by atoms with E-state index in [1.54, 1.807) is 24.3 Å². The number of hydrogen-bond acceptors (Lipinski definition) is 6. The third-order valence-electron chi connectivity index (χ3n) is 2.93. The van der Waals surface area contributed by atoms with Crippen molar-refractivity contribution in [1.82, 2.24) is 4.98 Å². The number of hydrogen-bond donors (Lipinski definition) is 1. The van der Waals surface area contributed by atoms with Crippen molar-refractivity contribution in [3.63, 3.8) is 0 Å². The Balaban J connectivity index is 1.55. The van der Waals surface area contributed by atoms with Gasteiger partial charge in [0.15, 0.2) is 11.7 Å². The molecule has 1 aromatic carbocycles. The van der Waals surface area contributed by atoms with Crippen LogP contribution in [0.1, 0.15) is 5.56 Å². The van der Waals surface area contributed by atoms with E-state index in [-0.39, 0.29) is 12.5 Å². The van der Waals surface area contributed by atoms with E-state index in [4.69, 9.17) is 21.6 Å². The van der Waals surface area contributed by atoms with Crippen LogP contribution in [-0.2, 0) is 4.79 Å². The Hall–Kier alpha value is -2.40. The summed E-state index contributed by atoms with van der Waals surface area (Å²) in [5.74, 6) is 0.224. The molecule has 0 aliphatic heterocycles. The van der Waals surface area contributed by atoms with Gasteiger partial charge in [-0.15, -0.1) is 22.7 Å². The normalized spacial score (nSPS) is 10.2. The summed E-state index contributed by atoms with van der Waals surface area (Å²) in [6, 6.07) is 12.3. The molecule has 0 unspecified atom stereocenters. The molecule has 0 bridgehead atoms. The molecule has 0 radical (unpaired) electrons. The van der Waals surface area contributed by atoms with Gasteiger partial charge < -0.3 is 4.74 Å². The summed E-state index contributed by atoms with van der Waals surface area (Å²) in [6.07, 6.45) is 0. The van der Waals surface area contributed by atoms with E-state index in [0.29, 0.717) is 20.8 Å². The molecule has 1 amide bonds. The molecule has 2 aromatic heterocycles. The zero-order valence-electron chi connectivity index (χ0n) is 12.2. The summed E-state index contributed by atoms with van der Waals surface area (Å²) in [4.78, 5) is 17.2. The maximum absolute atomic E-state index is 11.9. The van der Waals surface area contributed by atoms with Crippen molar-refractivity contribution in [3.8, 4) is 22.4 Å². The van der Waals surface area contributed by atoms with Crippen LogP contribution in [0.5, 0.6) is 5.75 Å². The number of nitrogens with zero attached hydrogens (tertiary/aromatic N) is 2. The molecule has 5 nitrogen and oxygen atoms in total. The molecule has 8 heteroatoms. The second-order valence-electron chi connectivity index (χ2n) is 4.61. The van der Waals surface area contributed by atoms with Crippen molar-refractivity contribution >= 4 is 45.3 Å². The molecule has 3 rings (SSSR count). The zero-order valence-corrected chi connectivity index (χ0v) is 14.5. The number of carbonyl (C=O) groups is 1. The second-order valence-corrected chi connectivity index (χ2v) is 7.19. The highest BCUT2D eigenvalue weighted by molar-refractivity contribution is 7.20. The van der Waals surface area contributed by atoms with E-state index in [9.17, 15) is 4.79 Å². The van der Waals surface area contributed by atoms with Gasteiger partial charge in [0.2, 0.25) is 0 Å². The van der Waals surface area contributed by atoms with Gasteiger partial charge in [-0.2, -0.15) is 5.26 Å². The first-order chi connectivity index (χ1) is 11.6. The van der Waals surface area contributed by atoms with Crippen LogP contribution < -0.4 is 10.1 Å². The van der Waals surface area contributed by atoms with Crippen LogP contribution in [0, 0.1) is 11.3 Å². The molecule has 24 heavy (non-hydrogen) atoms. The molecule has 2 heterocycles. The Kier molecular flexibility index (Phi) is 5.11. The summed E-state index contributed by atoms with van der Waals surface area (Å²) in [5.41, 5.74) is 1.32. The van der Waals surface area contributed by atoms with Crippen molar-refractivity contribution in [2.24, 2.45) is 0 Å². The maximum atomic E-state index is 11.9. The first-order valence-corrected chi connectivity index (χ1v) is 8.85. The number of anilines is 1. The Morgan fingerprint density at radius 1 is 1.29 bits per heavy atom. The minimum Gasteiger partial charge on any atom is -0.484 e. The number of rotatable bonds is 5. The zero-order chi connectivity index (χ0) is 16.9. The lowest BCUT2D eigenvalue weighted by atomic mass is 10.2. The molecule has 0 atom stereocenters. The molecule has 0 spiro atoms. The lowest BCUT2D eigenvalue weighted by molar-refractivity contribution is -0.118.